The van der Waals surface area contributed by atoms with Gasteiger partial charge in [0.05, 0.1) is 24.0 Å². The van der Waals surface area contributed by atoms with Gasteiger partial charge in [-0.25, -0.2) is 0 Å². The van der Waals surface area contributed by atoms with Crippen LogP contribution >= 0.6 is 0 Å². The van der Waals surface area contributed by atoms with Crippen LogP contribution in [-0.2, 0) is 19.1 Å². The highest BCUT2D eigenvalue weighted by molar-refractivity contribution is 5.76. The lowest BCUT2D eigenvalue weighted by Gasteiger charge is -2.21. The second-order valence-electron chi connectivity index (χ2n) is 12.3. The van der Waals surface area contributed by atoms with Gasteiger partial charge in [-0.15, -0.1) is 0 Å². The van der Waals surface area contributed by atoms with E-state index in [4.69, 9.17) is 19.7 Å². The largest absolute Gasteiger partial charge is 0.465 e. The zero-order valence-corrected chi connectivity index (χ0v) is 27.0. The maximum absolute atomic E-state index is 11.8. The lowest BCUT2D eigenvalue weighted by Crippen LogP contribution is -2.30. The Kier molecular flexibility index (Phi) is 26.5. The van der Waals surface area contributed by atoms with Crippen LogP contribution in [0.25, 0.3) is 0 Å². The first-order chi connectivity index (χ1) is 18.5. The number of aliphatic hydroxyl groups is 2. The molecule has 1 atom stereocenters. The number of ether oxygens (including phenoxy) is 2. The summed E-state index contributed by atoms with van der Waals surface area (Å²) in [6, 6.07) is 0. The first kappa shape index (κ1) is 40.0. The molecule has 6 heteroatoms. The van der Waals surface area contributed by atoms with Crippen LogP contribution in [0.1, 0.15) is 164 Å². The van der Waals surface area contributed by atoms with Gasteiger partial charge in [0.25, 0.3) is 0 Å². The Morgan fingerprint density at radius 2 is 0.923 bits per heavy atom. The molecular formula is C33H66O6. The maximum Gasteiger partial charge on any atom is 0.311 e. The monoisotopic (exact) mass is 558 g/mol. The summed E-state index contributed by atoms with van der Waals surface area (Å²) in [5, 5.41) is 17.4. The highest BCUT2D eigenvalue weighted by atomic mass is 16.5. The van der Waals surface area contributed by atoms with Gasteiger partial charge in [-0.3, -0.25) is 9.59 Å². The third-order valence-electron chi connectivity index (χ3n) is 7.72. The van der Waals surface area contributed by atoms with Crippen molar-refractivity contribution in [2.45, 2.75) is 170 Å². The molecule has 234 valence electrons. The van der Waals surface area contributed by atoms with Crippen molar-refractivity contribution < 1.29 is 29.3 Å². The van der Waals surface area contributed by atoms with E-state index < -0.39 is 11.5 Å². The third-order valence-corrected chi connectivity index (χ3v) is 7.72. The minimum Gasteiger partial charge on any atom is -0.465 e. The van der Waals surface area contributed by atoms with Gasteiger partial charge in [-0.2, -0.15) is 0 Å². The number of hydrogen-bond donors (Lipinski definition) is 2. The topological polar surface area (TPSA) is 93.1 Å². The van der Waals surface area contributed by atoms with E-state index in [0.29, 0.717) is 13.0 Å². The number of carbonyl (C=O) groups excluding carboxylic acids is 2. The molecule has 0 aliphatic carbocycles. The fraction of sp³-hybridized carbons (Fsp3) is 0.939. The molecule has 0 bridgehead atoms. The zero-order chi connectivity index (χ0) is 30.0. The van der Waals surface area contributed by atoms with Gasteiger partial charge in [0.15, 0.2) is 0 Å². The Hall–Kier alpha value is -1.14. The van der Waals surface area contributed by atoms with Crippen LogP contribution in [0.5, 0.6) is 0 Å². The van der Waals surface area contributed by atoms with Crippen molar-refractivity contribution in [1.82, 2.24) is 0 Å². The van der Waals surface area contributed by atoms with Crippen LogP contribution in [-0.4, -0.2) is 48.1 Å². The van der Waals surface area contributed by atoms with E-state index >= 15 is 0 Å². The molecule has 0 radical (unpaired) electrons. The van der Waals surface area contributed by atoms with Crippen LogP contribution in [0.2, 0.25) is 0 Å². The van der Waals surface area contributed by atoms with Crippen molar-refractivity contribution in [1.29, 1.82) is 0 Å². The van der Waals surface area contributed by atoms with Crippen molar-refractivity contribution in [3.63, 3.8) is 0 Å². The number of rotatable bonds is 24. The summed E-state index contributed by atoms with van der Waals surface area (Å²) in [6.07, 6.45) is 22.4. The molecule has 1 unspecified atom stereocenters. The molecule has 0 saturated carbocycles. The molecule has 39 heavy (non-hydrogen) atoms. The summed E-state index contributed by atoms with van der Waals surface area (Å²) in [4.78, 5) is 23.1. The highest BCUT2D eigenvalue weighted by Gasteiger charge is 2.27. The molecule has 2 N–H and O–H groups in total. The van der Waals surface area contributed by atoms with Gasteiger partial charge >= 0.3 is 11.9 Å². The van der Waals surface area contributed by atoms with Gasteiger partial charge < -0.3 is 19.7 Å². The predicted molar refractivity (Wildman–Crippen MR) is 163 cm³/mol. The van der Waals surface area contributed by atoms with E-state index in [1.54, 1.807) is 13.8 Å². The summed E-state index contributed by atoms with van der Waals surface area (Å²) in [7, 11) is 0. The molecule has 0 fully saturated rings. The van der Waals surface area contributed by atoms with Crippen molar-refractivity contribution in [3.8, 4) is 0 Å². The fourth-order valence-corrected chi connectivity index (χ4v) is 3.72. The van der Waals surface area contributed by atoms with Gasteiger partial charge in [0, 0.05) is 0 Å². The van der Waals surface area contributed by atoms with Crippen LogP contribution in [0.15, 0.2) is 0 Å². The van der Waals surface area contributed by atoms with Crippen LogP contribution in [0.3, 0.4) is 0 Å². The molecule has 0 aliphatic heterocycles. The quantitative estimate of drug-likeness (QED) is 0.0910. The third kappa shape index (κ3) is 24.4. The predicted octanol–water partition coefficient (Wildman–Crippen LogP) is 8.55. The van der Waals surface area contributed by atoms with E-state index in [0.717, 1.165) is 12.8 Å². The number of carbonyl (C=O) groups is 2. The summed E-state index contributed by atoms with van der Waals surface area (Å²) in [6.45, 7) is 13.8. The molecule has 6 nitrogen and oxygen atoms in total. The van der Waals surface area contributed by atoms with E-state index in [9.17, 15) is 9.59 Å². The van der Waals surface area contributed by atoms with Gasteiger partial charge in [0.2, 0.25) is 0 Å². The van der Waals surface area contributed by atoms with E-state index in [1.165, 1.54) is 96.3 Å². The summed E-state index contributed by atoms with van der Waals surface area (Å²) < 4.78 is 10.2. The number of aliphatic hydroxyl groups excluding tert-OH is 2. The van der Waals surface area contributed by atoms with Gasteiger partial charge in [0.1, 0.15) is 12.7 Å². The Balaban J connectivity index is 0. The molecular weight excluding hydrogens is 492 g/mol. The molecule has 0 amide bonds. The fourth-order valence-electron chi connectivity index (χ4n) is 3.72. The number of unbranched alkanes of at least 4 members (excludes halogenated alkanes) is 15. The first-order valence-electron chi connectivity index (χ1n) is 16.1. The summed E-state index contributed by atoms with van der Waals surface area (Å²) in [5.74, 6) is -0.386. The summed E-state index contributed by atoms with van der Waals surface area (Å²) >= 11 is 0. The maximum atomic E-state index is 11.8. The number of esters is 2. The van der Waals surface area contributed by atoms with Crippen LogP contribution in [0, 0.1) is 10.8 Å². The van der Waals surface area contributed by atoms with Gasteiger partial charge in [-0.05, 0) is 47.0 Å². The molecule has 0 aromatic carbocycles. The van der Waals surface area contributed by atoms with Crippen LogP contribution in [0.4, 0.5) is 0 Å². The lowest BCUT2D eigenvalue weighted by atomic mass is 9.91. The van der Waals surface area contributed by atoms with E-state index in [2.05, 4.69) is 6.92 Å². The van der Waals surface area contributed by atoms with Crippen molar-refractivity contribution in [3.05, 3.63) is 0 Å². The SMILES string of the molecule is CCC(C)(C)C(=O)OCC(O)CO.CCCCCCCCCCCCCCCCCCOC(=O)C(C)(C)CC. The van der Waals surface area contributed by atoms with Crippen LogP contribution < -0.4 is 0 Å². The van der Waals surface area contributed by atoms with Crippen molar-refractivity contribution in [2.24, 2.45) is 10.8 Å². The second kappa shape index (κ2) is 25.8. The van der Waals surface area contributed by atoms with E-state index in [1.807, 2.05) is 27.7 Å². The highest BCUT2D eigenvalue weighted by Crippen LogP contribution is 2.22. The minimum atomic E-state index is -0.975. The Morgan fingerprint density at radius 1 is 0.590 bits per heavy atom. The Bertz CT molecular complexity index is 573. The molecule has 0 heterocycles. The lowest BCUT2D eigenvalue weighted by molar-refractivity contribution is -0.157. The molecule has 0 aliphatic rings. The Morgan fingerprint density at radius 3 is 1.26 bits per heavy atom. The molecule has 0 aromatic heterocycles. The van der Waals surface area contributed by atoms with Crippen molar-refractivity contribution in [2.75, 3.05) is 19.8 Å². The average molecular weight is 559 g/mol. The molecule has 0 saturated heterocycles. The number of hydrogen-bond acceptors (Lipinski definition) is 6. The first-order valence-corrected chi connectivity index (χ1v) is 16.1. The second-order valence-corrected chi connectivity index (χ2v) is 12.3. The normalized spacial score (nSPS) is 12.4. The van der Waals surface area contributed by atoms with Crippen molar-refractivity contribution >= 4 is 11.9 Å². The molecule has 0 aromatic rings. The standard InChI is InChI=1S/C24H48O2.C9H18O4/c1-5-7-8-9-10-11-12-13-14-15-16-17-18-19-20-21-22-26-23(25)24(3,4)6-2;1-4-9(2,3)8(12)13-6-7(11)5-10/h5-22H2,1-4H3;7,10-11H,4-6H2,1-3H3. The van der Waals surface area contributed by atoms with E-state index in [-0.39, 0.29) is 30.6 Å². The smallest absolute Gasteiger partial charge is 0.311 e. The summed E-state index contributed by atoms with van der Waals surface area (Å²) in [5.41, 5.74) is -0.843. The van der Waals surface area contributed by atoms with Gasteiger partial charge in [-0.1, -0.05) is 117 Å². The minimum absolute atomic E-state index is 0.0408. The zero-order valence-electron chi connectivity index (χ0n) is 27.0. The molecule has 0 rings (SSSR count). The molecule has 0 spiro atoms. The Labute approximate surface area is 242 Å². The average Bonchev–Trinajstić information content (AvgIpc) is 2.93.